The van der Waals surface area contributed by atoms with E-state index in [1.54, 1.807) is 0 Å². The third kappa shape index (κ3) is 8.65. The van der Waals surface area contributed by atoms with E-state index in [1.807, 2.05) is 0 Å². The van der Waals surface area contributed by atoms with E-state index in [9.17, 15) is 0 Å². The van der Waals surface area contributed by atoms with Gasteiger partial charge in [0.1, 0.15) is 6.71 Å². The molecule has 0 saturated carbocycles. The quantitative estimate of drug-likeness (QED) is 0.379. The topological polar surface area (TPSA) is 0 Å². The Hall–Kier alpha value is 0.0649. The molecule has 0 saturated heterocycles. The SMILES string of the molecule is CCCCCB(CC(C)C)CC(C)C. The summed E-state index contributed by atoms with van der Waals surface area (Å²) >= 11 is 0. The van der Waals surface area contributed by atoms with Gasteiger partial charge in [-0.3, -0.25) is 0 Å². The zero-order valence-corrected chi connectivity index (χ0v) is 11.0. The Labute approximate surface area is 91.9 Å². The van der Waals surface area contributed by atoms with Crippen molar-refractivity contribution in [3.8, 4) is 0 Å². The van der Waals surface area contributed by atoms with Crippen molar-refractivity contribution in [2.75, 3.05) is 0 Å². The van der Waals surface area contributed by atoms with Crippen LogP contribution in [0.1, 0.15) is 53.9 Å². The lowest BCUT2D eigenvalue weighted by Crippen LogP contribution is -2.17. The van der Waals surface area contributed by atoms with Crippen molar-refractivity contribution in [1.29, 1.82) is 0 Å². The maximum atomic E-state index is 2.35. The molecule has 14 heavy (non-hydrogen) atoms. The summed E-state index contributed by atoms with van der Waals surface area (Å²) in [5.41, 5.74) is 0. The summed E-state index contributed by atoms with van der Waals surface area (Å²) in [6.45, 7) is 12.7. The fraction of sp³-hybridized carbons (Fsp3) is 1.00. The lowest BCUT2D eigenvalue weighted by molar-refractivity contribution is 0.677. The van der Waals surface area contributed by atoms with Crippen LogP contribution < -0.4 is 0 Å². The van der Waals surface area contributed by atoms with Gasteiger partial charge in [0.25, 0.3) is 0 Å². The summed E-state index contributed by atoms with van der Waals surface area (Å²) in [5.74, 6) is 1.75. The van der Waals surface area contributed by atoms with Crippen molar-refractivity contribution >= 4 is 6.71 Å². The summed E-state index contributed by atoms with van der Waals surface area (Å²) in [7, 11) is 0. The van der Waals surface area contributed by atoms with Gasteiger partial charge in [-0.1, -0.05) is 84.7 Å². The Bertz CT molecular complexity index is 108. The van der Waals surface area contributed by atoms with Gasteiger partial charge in [0.05, 0.1) is 0 Å². The largest absolute Gasteiger partial charge is 0.140 e. The number of rotatable bonds is 8. The molecule has 0 aliphatic rings. The van der Waals surface area contributed by atoms with Gasteiger partial charge in [0.2, 0.25) is 0 Å². The van der Waals surface area contributed by atoms with Crippen molar-refractivity contribution in [3.63, 3.8) is 0 Å². The van der Waals surface area contributed by atoms with Crippen LogP contribution >= 0.6 is 0 Å². The predicted octanol–water partition coefficient (Wildman–Crippen LogP) is 4.98. The standard InChI is InChI=1S/C13H29B/c1-6-7-8-9-14(10-12(2)3)11-13(4)5/h12-13H,6-11H2,1-5H3. The number of unbranched alkanes of at least 4 members (excludes halogenated alkanes) is 2. The van der Waals surface area contributed by atoms with Crippen LogP contribution in [0.2, 0.25) is 19.0 Å². The average molecular weight is 196 g/mol. The maximum absolute atomic E-state index is 2.35. The lowest BCUT2D eigenvalue weighted by Gasteiger charge is -2.17. The third-order valence-electron chi connectivity index (χ3n) is 2.83. The molecule has 0 unspecified atom stereocenters. The summed E-state index contributed by atoms with van der Waals surface area (Å²) < 4.78 is 0. The van der Waals surface area contributed by atoms with Crippen LogP contribution in [0.15, 0.2) is 0 Å². The molecule has 0 fully saturated rings. The molecule has 1 heteroatoms. The normalized spacial score (nSPS) is 11.4. The van der Waals surface area contributed by atoms with Gasteiger partial charge in [-0.05, 0) is 0 Å². The average Bonchev–Trinajstić information content (AvgIpc) is 2.02. The van der Waals surface area contributed by atoms with Crippen molar-refractivity contribution in [1.82, 2.24) is 0 Å². The maximum Gasteiger partial charge on any atom is 0.140 e. The minimum atomic E-state index is 0.875. The molecule has 0 aromatic carbocycles. The van der Waals surface area contributed by atoms with Gasteiger partial charge in [0.15, 0.2) is 0 Å². The summed E-state index contributed by atoms with van der Waals surface area (Å²) in [6.07, 6.45) is 8.55. The fourth-order valence-electron chi connectivity index (χ4n) is 2.35. The first kappa shape index (κ1) is 14.1. The highest BCUT2D eigenvalue weighted by molar-refractivity contribution is 6.58. The molecule has 0 bridgehead atoms. The van der Waals surface area contributed by atoms with Gasteiger partial charge in [-0.2, -0.15) is 0 Å². The predicted molar refractivity (Wildman–Crippen MR) is 69.4 cm³/mol. The van der Waals surface area contributed by atoms with Gasteiger partial charge in [-0.25, -0.2) is 0 Å². The van der Waals surface area contributed by atoms with E-state index in [-0.39, 0.29) is 0 Å². The molecule has 0 spiro atoms. The number of hydrogen-bond donors (Lipinski definition) is 0. The Morgan fingerprint density at radius 1 is 0.857 bits per heavy atom. The van der Waals surface area contributed by atoms with Crippen molar-refractivity contribution in [2.45, 2.75) is 72.8 Å². The summed E-state index contributed by atoms with van der Waals surface area (Å²) in [4.78, 5) is 0. The molecule has 0 aliphatic heterocycles. The molecule has 0 amide bonds. The molecule has 0 rings (SSSR count). The lowest BCUT2D eigenvalue weighted by atomic mass is 9.39. The molecule has 84 valence electrons. The fourth-order valence-corrected chi connectivity index (χ4v) is 2.35. The second kappa shape index (κ2) is 8.38. The van der Waals surface area contributed by atoms with E-state index in [4.69, 9.17) is 0 Å². The van der Waals surface area contributed by atoms with Crippen molar-refractivity contribution in [3.05, 3.63) is 0 Å². The minimum Gasteiger partial charge on any atom is -0.0741 e. The molecule has 0 nitrogen and oxygen atoms in total. The first-order chi connectivity index (χ1) is 6.56. The van der Waals surface area contributed by atoms with Crippen LogP contribution in [-0.2, 0) is 0 Å². The van der Waals surface area contributed by atoms with Crippen LogP contribution in [0.4, 0.5) is 0 Å². The smallest absolute Gasteiger partial charge is 0.0741 e. The highest BCUT2D eigenvalue weighted by atomic mass is 14.0. The van der Waals surface area contributed by atoms with Crippen LogP contribution in [0, 0.1) is 11.8 Å². The number of hydrogen-bond acceptors (Lipinski definition) is 0. The first-order valence-corrected chi connectivity index (χ1v) is 6.56. The van der Waals surface area contributed by atoms with E-state index >= 15 is 0 Å². The van der Waals surface area contributed by atoms with Crippen molar-refractivity contribution < 1.29 is 0 Å². The van der Waals surface area contributed by atoms with Gasteiger partial charge in [-0.15, -0.1) is 0 Å². The van der Waals surface area contributed by atoms with Gasteiger partial charge < -0.3 is 0 Å². The van der Waals surface area contributed by atoms with Gasteiger partial charge >= 0.3 is 0 Å². The van der Waals surface area contributed by atoms with Crippen LogP contribution in [0.3, 0.4) is 0 Å². The zero-order chi connectivity index (χ0) is 11.0. The molecule has 0 N–H and O–H groups in total. The molecule has 0 aromatic rings. The van der Waals surface area contributed by atoms with E-state index < -0.39 is 0 Å². The van der Waals surface area contributed by atoms with E-state index in [0.29, 0.717) is 0 Å². The molecule has 0 heterocycles. The summed E-state index contributed by atoms with van der Waals surface area (Å²) in [5, 5.41) is 0. The Morgan fingerprint density at radius 2 is 1.36 bits per heavy atom. The molecule has 0 aliphatic carbocycles. The Kier molecular flexibility index (Phi) is 8.42. The monoisotopic (exact) mass is 196 g/mol. The Balaban J connectivity index is 3.72. The van der Waals surface area contributed by atoms with Crippen LogP contribution in [0.5, 0.6) is 0 Å². The highest BCUT2D eigenvalue weighted by Gasteiger charge is 2.15. The summed E-state index contributed by atoms with van der Waals surface area (Å²) in [6, 6.07) is 0. The molecule has 0 radical (unpaired) electrons. The molecule has 0 aromatic heterocycles. The molecular weight excluding hydrogens is 167 g/mol. The molecular formula is C13H29B. The second-order valence-corrected chi connectivity index (χ2v) is 5.62. The Morgan fingerprint density at radius 3 is 1.71 bits per heavy atom. The first-order valence-electron chi connectivity index (χ1n) is 6.56. The van der Waals surface area contributed by atoms with Gasteiger partial charge in [0, 0.05) is 0 Å². The van der Waals surface area contributed by atoms with Crippen LogP contribution in [0.25, 0.3) is 0 Å². The van der Waals surface area contributed by atoms with Crippen LogP contribution in [-0.4, -0.2) is 6.71 Å². The van der Waals surface area contributed by atoms with Crippen molar-refractivity contribution in [2.24, 2.45) is 11.8 Å². The second-order valence-electron chi connectivity index (χ2n) is 5.62. The third-order valence-corrected chi connectivity index (χ3v) is 2.83. The zero-order valence-electron chi connectivity index (χ0n) is 11.0. The van der Waals surface area contributed by atoms with E-state index in [2.05, 4.69) is 34.6 Å². The van der Waals surface area contributed by atoms with E-state index in [0.717, 1.165) is 18.5 Å². The van der Waals surface area contributed by atoms with E-state index in [1.165, 1.54) is 38.2 Å². The molecule has 0 atom stereocenters. The minimum absolute atomic E-state index is 0.875. The highest BCUT2D eigenvalue weighted by Crippen LogP contribution is 2.20.